The van der Waals surface area contributed by atoms with Gasteiger partial charge in [-0.2, -0.15) is 0 Å². The Balaban J connectivity index is 1.50. The zero-order chi connectivity index (χ0) is 19.2. The summed E-state index contributed by atoms with van der Waals surface area (Å²) >= 11 is 1.47. The average molecular weight is 388 g/mol. The van der Waals surface area contributed by atoms with Crippen LogP contribution in [0, 0.1) is 0 Å². The van der Waals surface area contributed by atoms with E-state index in [0.29, 0.717) is 12.3 Å². The quantitative estimate of drug-likeness (QED) is 0.461. The van der Waals surface area contributed by atoms with Gasteiger partial charge in [0, 0.05) is 11.8 Å². The van der Waals surface area contributed by atoms with Gasteiger partial charge in [-0.05, 0) is 35.4 Å². The van der Waals surface area contributed by atoms with E-state index in [9.17, 15) is 4.79 Å². The van der Waals surface area contributed by atoms with Crippen molar-refractivity contribution in [2.24, 2.45) is 0 Å². The summed E-state index contributed by atoms with van der Waals surface area (Å²) in [5.74, 6) is 1.02. The molecule has 4 aromatic rings. The summed E-state index contributed by atoms with van der Waals surface area (Å²) in [6, 6.07) is 24.2. The van der Waals surface area contributed by atoms with Crippen LogP contribution in [0.4, 0.5) is 0 Å². The summed E-state index contributed by atoms with van der Waals surface area (Å²) < 4.78 is 5.25. The number of carbonyl (C=O) groups is 1. The highest BCUT2D eigenvalue weighted by atomic mass is 32.2. The number of carbonyl (C=O) groups excluding carboxylic acids is 1. The molecule has 0 saturated carbocycles. The number of amides is 1. The predicted octanol–water partition coefficient (Wildman–Crippen LogP) is 4.83. The van der Waals surface area contributed by atoms with E-state index < -0.39 is 0 Å². The van der Waals surface area contributed by atoms with Crippen molar-refractivity contribution in [1.29, 1.82) is 0 Å². The Bertz CT molecular complexity index is 1060. The zero-order valence-electron chi connectivity index (χ0n) is 15.3. The second-order valence-corrected chi connectivity index (χ2v) is 7.42. The molecule has 4 rings (SSSR count). The van der Waals surface area contributed by atoms with Crippen molar-refractivity contribution in [3.05, 3.63) is 95.9 Å². The number of aromatic nitrogens is 1. The molecule has 5 heteroatoms. The molecule has 140 valence electrons. The topological polar surface area (TPSA) is 55.1 Å². The fourth-order valence-corrected chi connectivity index (χ4v) is 3.84. The first-order valence-corrected chi connectivity index (χ1v) is 10.1. The Morgan fingerprint density at radius 2 is 1.82 bits per heavy atom. The van der Waals surface area contributed by atoms with Crippen LogP contribution < -0.4 is 5.32 Å². The number of thioether (sulfide) groups is 1. The highest BCUT2D eigenvalue weighted by Crippen LogP contribution is 2.27. The van der Waals surface area contributed by atoms with Crippen molar-refractivity contribution >= 4 is 28.6 Å². The maximum atomic E-state index is 12.2. The Morgan fingerprint density at radius 3 is 2.64 bits per heavy atom. The van der Waals surface area contributed by atoms with Gasteiger partial charge in [0.25, 0.3) is 0 Å². The van der Waals surface area contributed by atoms with Gasteiger partial charge in [-0.15, -0.1) is 0 Å². The van der Waals surface area contributed by atoms with Gasteiger partial charge in [0.1, 0.15) is 10.8 Å². The van der Waals surface area contributed by atoms with E-state index in [2.05, 4.69) is 29.6 Å². The minimum absolute atomic E-state index is 0.0398. The number of benzene rings is 2. The number of nitrogens with one attached hydrogen (secondary N) is 1. The Labute approximate surface area is 168 Å². The van der Waals surface area contributed by atoms with Crippen LogP contribution in [-0.2, 0) is 17.8 Å². The molecule has 28 heavy (non-hydrogen) atoms. The predicted molar refractivity (Wildman–Crippen MR) is 112 cm³/mol. The van der Waals surface area contributed by atoms with Crippen LogP contribution in [0.5, 0.6) is 0 Å². The van der Waals surface area contributed by atoms with E-state index in [1.54, 1.807) is 6.26 Å². The van der Waals surface area contributed by atoms with Crippen molar-refractivity contribution in [1.82, 2.24) is 10.3 Å². The first kappa shape index (κ1) is 18.3. The van der Waals surface area contributed by atoms with E-state index in [4.69, 9.17) is 9.40 Å². The van der Waals surface area contributed by atoms with Crippen LogP contribution in [-0.4, -0.2) is 16.6 Å². The largest absolute Gasteiger partial charge is 0.467 e. The summed E-state index contributed by atoms with van der Waals surface area (Å²) in [6.07, 6.45) is 2.39. The van der Waals surface area contributed by atoms with Crippen LogP contribution in [0.2, 0.25) is 0 Å². The first-order chi connectivity index (χ1) is 13.8. The maximum absolute atomic E-state index is 12.2. The highest BCUT2D eigenvalue weighted by Gasteiger charge is 2.11. The average Bonchev–Trinajstić information content (AvgIpc) is 3.25. The monoisotopic (exact) mass is 388 g/mol. The van der Waals surface area contributed by atoms with Crippen LogP contribution >= 0.6 is 11.8 Å². The molecule has 0 radical (unpaired) electrons. The van der Waals surface area contributed by atoms with Gasteiger partial charge >= 0.3 is 0 Å². The minimum atomic E-state index is -0.0398. The van der Waals surface area contributed by atoms with Gasteiger partial charge in [0.15, 0.2) is 0 Å². The smallest absolute Gasteiger partial charge is 0.230 e. The van der Waals surface area contributed by atoms with Crippen molar-refractivity contribution in [3.8, 4) is 0 Å². The summed E-state index contributed by atoms with van der Waals surface area (Å²) in [5, 5.41) is 4.89. The van der Waals surface area contributed by atoms with Crippen LogP contribution in [0.15, 0.2) is 88.5 Å². The van der Waals surface area contributed by atoms with E-state index in [1.165, 1.54) is 17.3 Å². The highest BCUT2D eigenvalue weighted by molar-refractivity contribution is 7.99. The van der Waals surface area contributed by atoms with Crippen molar-refractivity contribution < 1.29 is 9.21 Å². The molecule has 1 amide bonds. The fourth-order valence-electron chi connectivity index (χ4n) is 2.99. The Kier molecular flexibility index (Phi) is 5.73. The normalized spacial score (nSPS) is 10.9. The van der Waals surface area contributed by atoms with Gasteiger partial charge in [-0.3, -0.25) is 4.79 Å². The molecule has 2 aromatic heterocycles. The fraction of sp³-hybridized carbons (Fsp3) is 0.130. The van der Waals surface area contributed by atoms with E-state index in [-0.39, 0.29) is 5.91 Å². The molecule has 0 spiro atoms. The number of hydrogen-bond acceptors (Lipinski definition) is 4. The molecule has 1 N–H and O–H groups in total. The number of furan rings is 1. The third kappa shape index (κ3) is 4.61. The maximum Gasteiger partial charge on any atom is 0.230 e. The number of pyridine rings is 1. The number of nitrogens with zero attached hydrogens (tertiary/aromatic N) is 1. The lowest BCUT2D eigenvalue weighted by atomic mass is 10.0. The van der Waals surface area contributed by atoms with Gasteiger partial charge in [-0.25, -0.2) is 4.98 Å². The summed E-state index contributed by atoms with van der Waals surface area (Å²) in [7, 11) is 0. The molecule has 0 aliphatic heterocycles. The second kappa shape index (κ2) is 8.76. The summed E-state index contributed by atoms with van der Waals surface area (Å²) in [4.78, 5) is 17.1. The van der Waals surface area contributed by atoms with Crippen molar-refractivity contribution in [2.75, 3.05) is 5.75 Å². The number of para-hydroxylation sites is 1. The van der Waals surface area contributed by atoms with Crippen LogP contribution in [0.25, 0.3) is 10.9 Å². The van der Waals surface area contributed by atoms with Crippen LogP contribution in [0.1, 0.15) is 16.9 Å². The molecule has 2 aromatic carbocycles. The van der Waals surface area contributed by atoms with Gasteiger partial charge in [0.05, 0.1) is 24.1 Å². The first-order valence-electron chi connectivity index (χ1n) is 9.12. The molecule has 2 heterocycles. The molecule has 0 fully saturated rings. The molecule has 0 bridgehead atoms. The minimum Gasteiger partial charge on any atom is -0.467 e. The molecule has 4 nitrogen and oxygen atoms in total. The number of rotatable bonds is 7. The third-order valence-electron chi connectivity index (χ3n) is 4.38. The number of fused-ring (bicyclic) bond motifs is 1. The standard InChI is InChI=1S/C23H20N2O2S/c26-22(24-15-20-10-6-12-27-20)16-28-23-19(13-17-7-2-1-3-8-17)14-18-9-4-5-11-21(18)25-23/h1-12,14H,13,15-16H2,(H,24,26). The van der Waals surface area contributed by atoms with E-state index in [1.807, 2.05) is 48.5 Å². The van der Waals surface area contributed by atoms with Gasteiger partial charge in [-0.1, -0.05) is 60.3 Å². The molecule has 0 unspecified atom stereocenters. The molecule has 0 aliphatic carbocycles. The Hall–Kier alpha value is -3.05. The second-order valence-electron chi connectivity index (χ2n) is 6.45. The summed E-state index contributed by atoms with van der Waals surface area (Å²) in [5.41, 5.74) is 3.30. The number of hydrogen-bond donors (Lipinski definition) is 1. The zero-order valence-corrected chi connectivity index (χ0v) is 16.1. The third-order valence-corrected chi connectivity index (χ3v) is 5.41. The van der Waals surface area contributed by atoms with Crippen molar-refractivity contribution in [2.45, 2.75) is 18.0 Å². The lowest BCUT2D eigenvalue weighted by Crippen LogP contribution is -2.24. The van der Waals surface area contributed by atoms with E-state index >= 15 is 0 Å². The van der Waals surface area contributed by atoms with Crippen molar-refractivity contribution in [3.63, 3.8) is 0 Å². The Morgan fingerprint density at radius 1 is 1.00 bits per heavy atom. The van der Waals surface area contributed by atoms with Gasteiger partial charge in [0.2, 0.25) is 5.91 Å². The molecule has 0 saturated heterocycles. The molecular weight excluding hydrogens is 368 g/mol. The molecule has 0 atom stereocenters. The lowest BCUT2D eigenvalue weighted by Gasteiger charge is -2.11. The summed E-state index contributed by atoms with van der Waals surface area (Å²) in [6.45, 7) is 0.397. The SMILES string of the molecule is O=C(CSc1nc2ccccc2cc1Cc1ccccc1)NCc1ccco1. The van der Waals surface area contributed by atoms with E-state index in [0.717, 1.165) is 33.7 Å². The van der Waals surface area contributed by atoms with Crippen LogP contribution in [0.3, 0.4) is 0 Å². The lowest BCUT2D eigenvalue weighted by molar-refractivity contribution is -0.118. The molecule has 0 aliphatic rings. The van der Waals surface area contributed by atoms with Gasteiger partial charge < -0.3 is 9.73 Å². The molecular formula is C23H20N2O2S.